The van der Waals surface area contributed by atoms with Crippen LogP contribution in [0.4, 0.5) is 11.4 Å². The van der Waals surface area contributed by atoms with Crippen molar-refractivity contribution in [2.45, 2.75) is 6.42 Å². The molecule has 1 aromatic carbocycles. The summed E-state index contributed by atoms with van der Waals surface area (Å²) >= 11 is 0. The molecule has 0 aromatic heterocycles. The lowest BCUT2D eigenvalue weighted by molar-refractivity contribution is -0.385. The van der Waals surface area contributed by atoms with Crippen LogP contribution < -0.4 is 11.3 Å². The lowest BCUT2D eigenvalue weighted by Gasteiger charge is -2.03. The van der Waals surface area contributed by atoms with Crippen LogP contribution in [0.25, 0.3) is 0 Å². The predicted molar refractivity (Wildman–Crippen MR) is 51.7 cm³/mol. The fraction of sp³-hybridized carbons (Fsp3) is 0.250. The van der Waals surface area contributed by atoms with Crippen LogP contribution in [0, 0.1) is 10.1 Å². The third kappa shape index (κ3) is 2.18. The first-order valence-corrected chi connectivity index (χ1v) is 4.04. The highest BCUT2D eigenvalue weighted by Crippen LogP contribution is 2.22. The highest BCUT2D eigenvalue weighted by atomic mass is 16.6. The van der Waals surface area contributed by atoms with Crippen LogP contribution in [0.3, 0.4) is 0 Å². The summed E-state index contributed by atoms with van der Waals surface area (Å²) in [6, 6.07) is 4.53. The second-order valence-electron chi connectivity index (χ2n) is 2.72. The summed E-state index contributed by atoms with van der Waals surface area (Å²) in [6.45, 7) is -0.115. The van der Waals surface area contributed by atoms with Gasteiger partial charge in [-0.1, -0.05) is 6.07 Å². The maximum Gasteiger partial charge on any atom is 0.274 e. The van der Waals surface area contributed by atoms with Crippen molar-refractivity contribution >= 4 is 11.4 Å². The van der Waals surface area contributed by atoms with Crippen LogP contribution in [0.1, 0.15) is 5.56 Å². The van der Waals surface area contributed by atoms with E-state index in [-0.39, 0.29) is 18.7 Å². The Morgan fingerprint density at radius 1 is 1.57 bits per heavy atom. The molecule has 1 rings (SSSR count). The zero-order valence-corrected chi connectivity index (χ0v) is 7.43. The molecule has 0 saturated carbocycles. The molecule has 76 valence electrons. The molecule has 0 atom stereocenters. The predicted octanol–water partition coefficient (Wildman–Crippen LogP) is 0.415. The summed E-state index contributed by atoms with van der Waals surface area (Å²) in [7, 11) is 0. The molecule has 0 heterocycles. The molecule has 0 unspecified atom stereocenters. The minimum absolute atomic E-state index is 0.0329. The lowest BCUT2D eigenvalue weighted by Crippen LogP contribution is -2.07. The average Bonchev–Trinajstić information content (AvgIpc) is 2.18. The number of rotatable bonds is 4. The van der Waals surface area contributed by atoms with Crippen molar-refractivity contribution in [2.24, 2.45) is 5.84 Å². The number of nitrogen functional groups attached to an aromatic ring is 1. The number of aliphatic hydroxyl groups excluding tert-OH is 1. The molecular formula is C8H11N3O3. The summed E-state index contributed by atoms with van der Waals surface area (Å²) in [5.74, 6) is 5.12. The number of nitrogens with zero attached hydrogens (tertiary/aromatic N) is 1. The van der Waals surface area contributed by atoms with Crippen molar-refractivity contribution in [3.8, 4) is 0 Å². The lowest BCUT2D eigenvalue weighted by atomic mass is 10.1. The van der Waals surface area contributed by atoms with Crippen molar-refractivity contribution < 1.29 is 10.0 Å². The van der Waals surface area contributed by atoms with Crippen LogP contribution >= 0.6 is 0 Å². The van der Waals surface area contributed by atoms with Gasteiger partial charge in [0.2, 0.25) is 0 Å². The largest absolute Gasteiger partial charge is 0.396 e. The Balaban J connectivity index is 3.10. The van der Waals surface area contributed by atoms with E-state index in [0.717, 1.165) is 0 Å². The van der Waals surface area contributed by atoms with E-state index in [1.54, 1.807) is 12.1 Å². The van der Waals surface area contributed by atoms with Crippen molar-refractivity contribution in [2.75, 3.05) is 12.0 Å². The maximum absolute atomic E-state index is 10.6. The van der Waals surface area contributed by atoms with Crippen LogP contribution in [-0.4, -0.2) is 16.6 Å². The number of nitro benzene ring substituents is 1. The molecule has 0 saturated heterocycles. The summed E-state index contributed by atoms with van der Waals surface area (Å²) in [4.78, 5) is 10.1. The number of nitro groups is 1. The molecule has 0 aliphatic rings. The minimum Gasteiger partial charge on any atom is -0.396 e. The van der Waals surface area contributed by atoms with E-state index in [2.05, 4.69) is 5.43 Å². The third-order valence-electron chi connectivity index (χ3n) is 1.83. The highest BCUT2D eigenvalue weighted by Gasteiger charge is 2.13. The number of nitrogens with two attached hydrogens (primary N) is 1. The van der Waals surface area contributed by atoms with Gasteiger partial charge in [0, 0.05) is 24.7 Å². The fourth-order valence-electron chi connectivity index (χ4n) is 1.16. The van der Waals surface area contributed by atoms with Gasteiger partial charge in [0.05, 0.1) is 10.6 Å². The Kier molecular flexibility index (Phi) is 3.38. The zero-order chi connectivity index (χ0) is 10.6. The van der Waals surface area contributed by atoms with E-state index in [4.69, 9.17) is 10.9 Å². The van der Waals surface area contributed by atoms with Gasteiger partial charge in [-0.05, 0) is 6.07 Å². The van der Waals surface area contributed by atoms with Gasteiger partial charge in [0.25, 0.3) is 5.69 Å². The Morgan fingerprint density at radius 3 is 2.79 bits per heavy atom. The maximum atomic E-state index is 10.6. The first-order chi connectivity index (χ1) is 6.69. The third-order valence-corrected chi connectivity index (χ3v) is 1.83. The fourth-order valence-corrected chi connectivity index (χ4v) is 1.16. The van der Waals surface area contributed by atoms with Crippen molar-refractivity contribution in [1.29, 1.82) is 0 Å². The summed E-state index contributed by atoms with van der Waals surface area (Å²) in [6.07, 6.45) is 0.265. The number of anilines is 1. The average molecular weight is 197 g/mol. The molecular weight excluding hydrogens is 186 g/mol. The summed E-state index contributed by atoms with van der Waals surface area (Å²) in [5.41, 5.74) is 3.26. The normalized spacial score (nSPS) is 9.86. The standard InChI is InChI=1S/C8H11N3O3/c9-10-7-2-1-6(3-4-12)8(5-7)11(13)14/h1-2,5,10,12H,3-4,9H2. The molecule has 6 heteroatoms. The Bertz CT molecular complexity index is 341. The summed E-state index contributed by atoms with van der Waals surface area (Å²) < 4.78 is 0. The van der Waals surface area contributed by atoms with E-state index >= 15 is 0 Å². The smallest absolute Gasteiger partial charge is 0.274 e. The van der Waals surface area contributed by atoms with Gasteiger partial charge in [0.15, 0.2) is 0 Å². The first-order valence-electron chi connectivity index (χ1n) is 4.04. The highest BCUT2D eigenvalue weighted by molar-refractivity contribution is 5.54. The number of hydrogen-bond acceptors (Lipinski definition) is 5. The van der Waals surface area contributed by atoms with Gasteiger partial charge in [-0.2, -0.15) is 0 Å². The first kappa shape index (κ1) is 10.4. The van der Waals surface area contributed by atoms with Crippen LogP contribution in [0.2, 0.25) is 0 Å². The van der Waals surface area contributed by atoms with E-state index in [1.165, 1.54) is 6.07 Å². The minimum atomic E-state index is -0.494. The molecule has 4 N–H and O–H groups in total. The molecule has 1 aromatic rings. The molecule has 0 spiro atoms. The molecule has 0 aliphatic carbocycles. The van der Waals surface area contributed by atoms with Gasteiger partial charge < -0.3 is 10.5 Å². The van der Waals surface area contributed by atoms with E-state index in [1.807, 2.05) is 0 Å². The van der Waals surface area contributed by atoms with Crippen LogP contribution in [0.5, 0.6) is 0 Å². The SMILES string of the molecule is NNc1ccc(CCO)c([N+](=O)[O-])c1. The van der Waals surface area contributed by atoms with Gasteiger partial charge in [0.1, 0.15) is 0 Å². The molecule has 0 amide bonds. The molecule has 14 heavy (non-hydrogen) atoms. The Hall–Kier alpha value is -1.66. The van der Waals surface area contributed by atoms with Crippen molar-refractivity contribution in [3.05, 3.63) is 33.9 Å². The number of benzene rings is 1. The molecule has 0 fully saturated rings. The van der Waals surface area contributed by atoms with Gasteiger partial charge in [-0.25, -0.2) is 0 Å². The Labute approximate surface area is 80.5 Å². The van der Waals surface area contributed by atoms with Crippen molar-refractivity contribution in [3.63, 3.8) is 0 Å². The topological polar surface area (TPSA) is 101 Å². The Morgan fingerprint density at radius 2 is 2.29 bits per heavy atom. The monoisotopic (exact) mass is 197 g/mol. The number of hydrazine groups is 1. The summed E-state index contributed by atoms with van der Waals surface area (Å²) in [5, 5.41) is 19.3. The van der Waals surface area contributed by atoms with Crippen LogP contribution in [0.15, 0.2) is 18.2 Å². The number of hydrogen-bond donors (Lipinski definition) is 3. The zero-order valence-electron chi connectivity index (χ0n) is 7.43. The molecule has 0 aliphatic heterocycles. The second-order valence-corrected chi connectivity index (χ2v) is 2.72. The number of nitrogens with one attached hydrogen (secondary N) is 1. The quantitative estimate of drug-likeness (QED) is 0.368. The van der Waals surface area contributed by atoms with Crippen LogP contribution in [-0.2, 0) is 6.42 Å². The van der Waals surface area contributed by atoms with Gasteiger partial charge in [-0.15, -0.1) is 0 Å². The van der Waals surface area contributed by atoms with Gasteiger partial charge in [-0.3, -0.25) is 16.0 Å². The molecule has 0 bridgehead atoms. The van der Waals surface area contributed by atoms with Gasteiger partial charge >= 0.3 is 0 Å². The number of aliphatic hydroxyl groups is 1. The van der Waals surface area contributed by atoms with E-state index in [0.29, 0.717) is 11.3 Å². The molecule has 0 radical (unpaired) electrons. The van der Waals surface area contributed by atoms with E-state index < -0.39 is 4.92 Å². The molecule has 6 nitrogen and oxygen atoms in total. The van der Waals surface area contributed by atoms with E-state index in [9.17, 15) is 10.1 Å². The second kappa shape index (κ2) is 4.54. The van der Waals surface area contributed by atoms with Crippen molar-refractivity contribution in [1.82, 2.24) is 0 Å².